The molecule has 0 bridgehead atoms. The van der Waals surface area contributed by atoms with E-state index in [9.17, 15) is 5.11 Å². The minimum atomic E-state index is 0.271. The Morgan fingerprint density at radius 2 is 2.19 bits per heavy atom. The molecule has 0 saturated heterocycles. The van der Waals surface area contributed by atoms with Gasteiger partial charge in [0.15, 0.2) is 0 Å². The number of amidine groups is 1. The number of aliphatic hydroxyl groups is 1. The van der Waals surface area contributed by atoms with Gasteiger partial charge in [-0.1, -0.05) is 24.6 Å². The van der Waals surface area contributed by atoms with E-state index in [0.717, 1.165) is 0 Å². The molecule has 1 aliphatic carbocycles. The Hall–Kier alpha value is -1.51. The predicted molar refractivity (Wildman–Crippen MR) is 66.4 cm³/mol. The second-order valence-electron chi connectivity index (χ2n) is 4.34. The predicted octanol–water partition coefficient (Wildman–Crippen LogP) is 2.47. The molecule has 0 amide bonds. The van der Waals surface area contributed by atoms with Crippen LogP contribution in [0, 0.1) is 5.92 Å². The molecule has 1 heterocycles. The van der Waals surface area contributed by atoms with E-state index in [0.29, 0.717) is 24.7 Å². The molecule has 1 aliphatic heterocycles. The molecule has 86 valence electrons. The average Bonchev–Trinajstić information content (AvgIpc) is 2.13. The Bertz CT molecular complexity index is 373. The van der Waals surface area contributed by atoms with Crippen molar-refractivity contribution in [1.29, 1.82) is 0 Å². The topological polar surface area (TPSA) is 58.6 Å². The molecule has 0 aromatic carbocycles. The largest absolute Gasteiger partial charge is 0.512 e. The lowest BCUT2D eigenvalue weighted by Crippen LogP contribution is -2.14. The zero-order chi connectivity index (χ0) is 11.4. The molecule has 0 aromatic rings. The third-order valence-corrected chi connectivity index (χ3v) is 3.13. The maximum Gasteiger partial charge on any atom is 0.121 e. The van der Waals surface area contributed by atoms with Crippen molar-refractivity contribution < 1.29 is 5.11 Å². The van der Waals surface area contributed by atoms with Gasteiger partial charge in [-0.15, -0.1) is 0 Å². The quantitative estimate of drug-likeness (QED) is 0.710. The van der Waals surface area contributed by atoms with Crippen LogP contribution in [0.4, 0.5) is 0 Å². The minimum Gasteiger partial charge on any atom is -0.512 e. The van der Waals surface area contributed by atoms with Gasteiger partial charge in [0.1, 0.15) is 5.84 Å². The van der Waals surface area contributed by atoms with Gasteiger partial charge < -0.3 is 10.8 Å². The Labute approximate surface area is 96.1 Å². The first-order valence-corrected chi connectivity index (χ1v) is 5.82. The molecule has 1 saturated carbocycles. The first-order valence-electron chi connectivity index (χ1n) is 5.82. The fourth-order valence-corrected chi connectivity index (χ4v) is 1.96. The Morgan fingerprint density at radius 1 is 1.38 bits per heavy atom. The maximum absolute atomic E-state index is 9.53. The van der Waals surface area contributed by atoms with E-state index in [4.69, 9.17) is 5.73 Å². The van der Waals surface area contributed by atoms with Crippen molar-refractivity contribution >= 4 is 5.84 Å². The lowest BCUT2D eigenvalue weighted by atomic mass is 9.79. The minimum absolute atomic E-state index is 0.271. The van der Waals surface area contributed by atoms with Crippen LogP contribution in [0.25, 0.3) is 0 Å². The number of hydrogen-bond acceptors (Lipinski definition) is 3. The van der Waals surface area contributed by atoms with Gasteiger partial charge in [-0.2, -0.15) is 0 Å². The van der Waals surface area contributed by atoms with Gasteiger partial charge in [0.2, 0.25) is 0 Å². The summed E-state index contributed by atoms with van der Waals surface area (Å²) in [6.45, 7) is 0.603. The molecule has 3 heteroatoms. The second kappa shape index (κ2) is 5.01. The van der Waals surface area contributed by atoms with Crippen molar-refractivity contribution in [2.75, 3.05) is 6.54 Å². The van der Waals surface area contributed by atoms with Gasteiger partial charge in [-0.05, 0) is 24.3 Å². The van der Waals surface area contributed by atoms with Gasteiger partial charge in [-0.25, -0.2) is 0 Å². The number of aliphatic imine (C=N–C) groups is 1. The van der Waals surface area contributed by atoms with Gasteiger partial charge >= 0.3 is 0 Å². The molecule has 2 rings (SSSR count). The standard InChI is InChI=1S/C13H18N2O/c14-13-9-12(16)6-2-5-11(7-8-15-13)10-3-1-4-10/h2,5,7,9-10,16H,1,3-4,6,8H2,(H2,14,15)/b5-2-,11-7+,12-9+. The molecule has 2 aliphatic rings. The zero-order valence-electron chi connectivity index (χ0n) is 9.39. The number of rotatable bonds is 1. The Morgan fingerprint density at radius 3 is 2.88 bits per heavy atom. The molecular weight excluding hydrogens is 200 g/mol. The lowest BCUT2D eigenvalue weighted by Gasteiger charge is -2.26. The second-order valence-corrected chi connectivity index (χ2v) is 4.34. The van der Waals surface area contributed by atoms with Crippen LogP contribution < -0.4 is 5.73 Å². The van der Waals surface area contributed by atoms with E-state index in [-0.39, 0.29) is 5.76 Å². The van der Waals surface area contributed by atoms with Gasteiger partial charge in [-0.3, -0.25) is 4.99 Å². The van der Waals surface area contributed by atoms with Crippen molar-refractivity contribution in [3.63, 3.8) is 0 Å². The number of allylic oxidation sites excluding steroid dienone is 3. The Balaban J connectivity index is 2.13. The summed E-state index contributed by atoms with van der Waals surface area (Å²) >= 11 is 0. The summed E-state index contributed by atoms with van der Waals surface area (Å²) in [5.74, 6) is 1.36. The van der Waals surface area contributed by atoms with Crippen molar-refractivity contribution in [2.24, 2.45) is 16.6 Å². The smallest absolute Gasteiger partial charge is 0.121 e. The van der Waals surface area contributed by atoms with Crippen molar-refractivity contribution in [3.8, 4) is 0 Å². The summed E-state index contributed by atoms with van der Waals surface area (Å²) < 4.78 is 0. The summed E-state index contributed by atoms with van der Waals surface area (Å²) in [6, 6.07) is 0. The summed E-state index contributed by atoms with van der Waals surface area (Å²) in [4.78, 5) is 4.17. The van der Waals surface area contributed by atoms with Crippen LogP contribution in [0.3, 0.4) is 0 Å². The Kier molecular flexibility index (Phi) is 3.44. The monoisotopic (exact) mass is 218 g/mol. The highest BCUT2D eigenvalue weighted by Gasteiger charge is 2.19. The number of nitrogens with two attached hydrogens (primary N) is 1. The third-order valence-electron chi connectivity index (χ3n) is 3.13. The normalized spacial score (nSPS) is 31.4. The van der Waals surface area contributed by atoms with Crippen LogP contribution in [0.1, 0.15) is 25.7 Å². The van der Waals surface area contributed by atoms with Crippen molar-refractivity contribution in [2.45, 2.75) is 25.7 Å². The fraction of sp³-hybridized carbons (Fsp3) is 0.462. The van der Waals surface area contributed by atoms with Crippen LogP contribution in [-0.2, 0) is 0 Å². The molecule has 0 radical (unpaired) electrons. The SMILES string of the molecule is NC1=NC/C=C(C2CCC2)\C=C/C/C(O)=C\1. The fourth-order valence-electron chi connectivity index (χ4n) is 1.96. The number of nitrogens with zero attached hydrogens (tertiary/aromatic N) is 1. The molecule has 0 unspecified atom stereocenters. The van der Waals surface area contributed by atoms with Gasteiger partial charge in [0.25, 0.3) is 0 Å². The van der Waals surface area contributed by atoms with Crippen LogP contribution in [0.2, 0.25) is 0 Å². The maximum atomic E-state index is 9.53. The van der Waals surface area contributed by atoms with Crippen LogP contribution in [-0.4, -0.2) is 17.5 Å². The summed E-state index contributed by atoms with van der Waals surface area (Å²) in [5.41, 5.74) is 6.99. The van der Waals surface area contributed by atoms with E-state index in [1.54, 1.807) is 0 Å². The number of aliphatic hydroxyl groups excluding tert-OH is 1. The molecular formula is C13H18N2O. The molecule has 16 heavy (non-hydrogen) atoms. The molecule has 3 N–H and O–H groups in total. The van der Waals surface area contributed by atoms with Gasteiger partial charge in [0.05, 0.1) is 12.3 Å². The molecule has 0 spiro atoms. The zero-order valence-corrected chi connectivity index (χ0v) is 9.39. The van der Waals surface area contributed by atoms with E-state index in [1.165, 1.54) is 30.9 Å². The van der Waals surface area contributed by atoms with E-state index in [1.807, 2.05) is 6.08 Å². The first kappa shape index (κ1) is 11.0. The highest BCUT2D eigenvalue weighted by atomic mass is 16.3. The highest BCUT2D eigenvalue weighted by Crippen LogP contribution is 2.33. The summed E-state index contributed by atoms with van der Waals surface area (Å²) in [5, 5.41) is 9.53. The van der Waals surface area contributed by atoms with Gasteiger partial charge in [0, 0.05) is 12.5 Å². The summed E-state index contributed by atoms with van der Waals surface area (Å²) in [6.07, 6.45) is 12.2. The van der Waals surface area contributed by atoms with Crippen molar-refractivity contribution in [1.82, 2.24) is 0 Å². The molecule has 0 atom stereocenters. The third kappa shape index (κ3) is 2.75. The summed E-state index contributed by atoms with van der Waals surface area (Å²) in [7, 11) is 0. The number of hydrogen-bond donors (Lipinski definition) is 2. The first-order chi connectivity index (χ1) is 7.75. The molecule has 0 aromatic heterocycles. The van der Waals surface area contributed by atoms with E-state index >= 15 is 0 Å². The molecule has 3 nitrogen and oxygen atoms in total. The van der Waals surface area contributed by atoms with Crippen molar-refractivity contribution in [3.05, 3.63) is 35.6 Å². The van der Waals surface area contributed by atoms with Crippen LogP contribution >= 0.6 is 0 Å². The van der Waals surface area contributed by atoms with Crippen LogP contribution in [0.15, 0.2) is 40.6 Å². The molecule has 1 fully saturated rings. The highest BCUT2D eigenvalue weighted by molar-refractivity contribution is 5.91. The van der Waals surface area contributed by atoms with E-state index in [2.05, 4.69) is 17.1 Å². The van der Waals surface area contributed by atoms with E-state index < -0.39 is 0 Å². The average molecular weight is 218 g/mol. The lowest BCUT2D eigenvalue weighted by molar-refractivity contribution is 0.373. The van der Waals surface area contributed by atoms with Crippen LogP contribution in [0.5, 0.6) is 0 Å².